The van der Waals surface area contributed by atoms with Crippen LogP contribution in [0.1, 0.15) is 34.1 Å². The lowest BCUT2D eigenvalue weighted by molar-refractivity contribution is -0.154. The van der Waals surface area contributed by atoms with Gasteiger partial charge in [-0.15, -0.1) is 0 Å². The van der Waals surface area contributed by atoms with Gasteiger partial charge in [0.25, 0.3) is 5.91 Å². The van der Waals surface area contributed by atoms with Crippen LogP contribution in [0.3, 0.4) is 0 Å². The summed E-state index contributed by atoms with van der Waals surface area (Å²) in [6, 6.07) is 22.6. The molecule has 8 nitrogen and oxygen atoms in total. The number of carbonyl (C=O) groups excluding carboxylic acids is 4. The maximum absolute atomic E-state index is 13.5. The van der Waals surface area contributed by atoms with E-state index >= 15 is 0 Å². The summed E-state index contributed by atoms with van der Waals surface area (Å²) in [6.45, 7) is -1.05. The maximum atomic E-state index is 13.5. The van der Waals surface area contributed by atoms with E-state index in [0.717, 1.165) is 27.2 Å². The Labute approximate surface area is 213 Å². The third-order valence-electron chi connectivity index (χ3n) is 7.57. The molecular weight excluding hydrogens is 472 g/mol. The number of anilines is 1. The van der Waals surface area contributed by atoms with Gasteiger partial charge in [0.15, 0.2) is 6.61 Å². The van der Waals surface area contributed by atoms with Crippen molar-refractivity contribution >= 4 is 29.4 Å². The van der Waals surface area contributed by atoms with Crippen LogP contribution in [-0.4, -0.2) is 48.9 Å². The number of esters is 1. The Morgan fingerprint density at radius 1 is 0.784 bits per heavy atom. The standard InChI is InChI=1S/C29H24N2O6/c1-36-17-12-10-16(11-13-17)30-22(32)15-37-23(33)14-31-28(34)26-24-18-6-2-3-7-19(18)25(27(26)29(31)35)21-9-5-4-8-20(21)24/h2-13,24-27H,14-15H2,1H3,(H,30,32)/t24?,25?,26-,27-/m1/s1. The Kier molecular flexibility index (Phi) is 5.52. The highest BCUT2D eigenvalue weighted by atomic mass is 16.5. The van der Waals surface area contributed by atoms with E-state index in [1.807, 2.05) is 48.5 Å². The molecule has 0 spiro atoms. The van der Waals surface area contributed by atoms with Gasteiger partial charge in [-0.3, -0.25) is 24.1 Å². The van der Waals surface area contributed by atoms with Gasteiger partial charge >= 0.3 is 5.97 Å². The zero-order valence-electron chi connectivity index (χ0n) is 20.0. The Morgan fingerprint density at radius 2 is 1.27 bits per heavy atom. The summed E-state index contributed by atoms with van der Waals surface area (Å²) in [7, 11) is 1.54. The number of nitrogens with zero attached hydrogens (tertiary/aromatic N) is 1. The van der Waals surface area contributed by atoms with E-state index in [0.29, 0.717) is 11.4 Å². The second-order valence-electron chi connectivity index (χ2n) is 9.46. The molecule has 2 bridgehead atoms. The minimum Gasteiger partial charge on any atom is -0.497 e. The lowest BCUT2D eigenvalue weighted by Crippen LogP contribution is -2.41. The Balaban J connectivity index is 1.16. The molecule has 1 aliphatic heterocycles. The van der Waals surface area contributed by atoms with Crippen molar-refractivity contribution in [2.24, 2.45) is 11.8 Å². The Morgan fingerprint density at radius 3 is 1.73 bits per heavy atom. The van der Waals surface area contributed by atoms with Crippen molar-refractivity contribution in [3.8, 4) is 5.75 Å². The predicted octanol–water partition coefficient (Wildman–Crippen LogP) is 3.07. The molecule has 1 N–H and O–H groups in total. The lowest BCUT2D eigenvalue weighted by Gasteiger charge is -2.45. The van der Waals surface area contributed by atoms with Gasteiger partial charge < -0.3 is 14.8 Å². The number of rotatable bonds is 6. The van der Waals surface area contributed by atoms with E-state index in [4.69, 9.17) is 9.47 Å². The van der Waals surface area contributed by atoms with E-state index in [-0.39, 0.29) is 23.7 Å². The van der Waals surface area contributed by atoms with Gasteiger partial charge in [0.2, 0.25) is 11.8 Å². The van der Waals surface area contributed by atoms with Crippen molar-refractivity contribution in [2.75, 3.05) is 25.6 Å². The average Bonchev–Trinajstić information content (AvgIpc) is 3.17. The van der Waals surface area contributed by atoms with Crippen molar-refractivity contribution in [3.63, 3.8) is 0 Å². The molecule has 4 aliphatic rings. The first-order chi connectivity index (χ1) is 18.0. The summed E-state index contributed by atoms with van der Waals surface area (Å²) in [5, 5.41) is 2.62. The van der Waals surface area contributed by atoms with Crippen LogP contribution in [0.15, 0.2) is 72.8 Å². The average molecular weight is 497 g/mol. The highest BCUT2D eigenvalue weighted by molar-refractivity contribution is 6.09. The molecule has 37 heavy (non-hydrogen) atoms. The van der Waals surface area contributed by atoms with Gasteiger partial charge in [-0.25, -0.2) is 0 Å². The Hall–Kier alpha value is -4.46. The molecule has 1 fully saturated rings. The van der Waals surface area contributed by atoms with Gasteiger partial charge in [0.05, 0.1) is 18.9 Å². The van der Waals surface area contributed by atoms with E-state index < -0.39 is 36.9 Å². The molecule has 3 aliphatic carbocycles. The van der Waals surface area contributed by atoms with Crippen molar-refractivity contribution in [1.29, 1.82) is 0 Å². The molecule has 2 atom stereocenters. The highest BCUT2D eigenvalue weighted by Gasteiger charge is 2.61. The topological polar surface area (TPSA) is 102 Å². The summed E-state index contributed by atoms with van der Waals surface area (Å²) in [5.41, 5.74) is 4.77. The van der Waals surface area contributed by atoms with E-state index in [1.54, 1.807) is 31.4 Å². The Bertz CT molecular complexity index is 1320. The molecule has 3 aromatic carbocycles. The molecule has 1 saturated heterocycles. The fourth-order valence-electron chi connectivity index (χ4n) is 6.09. The van der Waals surface area contributed by atoms with Gasteiger partial charge in [0.1, 0.15) is 12.3 Å². The predicted molar refractivity (Wildman–Crippen MR) is 133 cm³/mol. The normalized spacial score (nSPS) is 22.7. The number of hydrogen-bond acceptors (Lipinski definition) is 6. The molecule has 0 saturated carbocycles. The third-order valence-corrected chi connectivity index (χ3v) is 7.57. The number of ether oxygens (including phenoxy) is 2. The van der Waals surface area contributed by atoms with Crippen LogP contribution in [-0.2, 0) is 23.9 Å². The van der Waals surface area contributed by atoms with Crippen LogP contribution in [0.5, 0.6) is 5.75 Å². The summed E-state index contributed by atoms with van der Waals surface area (Å²) in [5.74, 6) is -3.04. The SMILES string of the molecule is COc1ccc(NC(=O)COC(=O)CN2C(=O)[C@@H]3C4c5ccccc5C(c5ccccc54)[C@H]3C2=O)cc1. The molecule has 186 valence electrons. The molecule has 3 aromatic rings. The number of benzene rings is 3. The fraction of sp³-hybridized carbons (Fsp3) is 0.241. The monoisotopic (exact) mass is 496 g/mol. The second kappa shape index (κ2) is 8.89. The van der Waals surface area contributed by atoms with Crippen molar-refractivity contribution in [2.45, 2.75) is 11.8 Å². The molecule has 0 unspecified atom stereocenters. The fourth-order valence-corrected chi connectivity index (χ4v) is 6.09. The molecule has 1 heterocycles. The number of imide groups is 1. The third kappa shape index (κ3) is 3.67. The first kappa shape index (κ1) is 23.0. The van der Waals surface area contributed by atoms with Crippen molar-refractivity contribution in [3.05, 3.63) is 95.1 Å². The molecule has 7 rings (SSSR count). The van der Waals surface area contributed by atoms with Crippen molar-refractivity contribution in [1.82, 2.24) is 4.90 Å². The van der Waals surface area contributed by atoms with Crippen LogP contribution in [0, 0.1) is 11.8 Å². The molecule has 8 heteroatoms. The second-order valence-corrected chi connectivity index (χ2v) is 9.46. The number of amides is 3. The first-order valence-corrected chi connectivity index (χ1v) is 12.1. The number of carbonyl (C=O) groups is 4. The van der Waals surface area contributed by atoms with Crippen LogP contribution in [0.2, 0.25) is 0 Å². The highest BCUT2D eigenvalue weighted by Crippen LogP contribution is 2.60. The number of likely N-dealkylation sites (tertiary alicyclic amines) is 1. The minimum absolute atomic E-state index is 0.241. The summed E-state index contributed by atoms with van der Waals surface area (Å²) < 4.78 is 10.2. The maximum Gasteiger partial charge on any atom is 0.326 e. The molecular formula is C29H24N2O6. The summed E-state index contributed by atoms with van der Waals surface area (Å²) >= 11 is 0. The van der Waals surface area contributed by atoms with E-state index in [1.165, 1.54) is 0 Å². The quantitative estimate of drug-likeness (QED) is 0.416. The van der Waals surface area contributed by atoms with Gasteiger partial charge in [-0.05, 0) is 46.5 Å². The molecule has 3 amide bonds. The van der Waals surface area contributed by atoms with Gasteiger partial charge in [0, 0.05) is 17.5 Å². The number of methoxy groups -OCH3 is 1. The molecule has 0 aromatic heterocycles. The summed E-state index contributed by atoms with van der Waals surface area (Å²) in [6.07, 6.45) is 0. The number of nitrogens with one attached hydrogen (secondary N) is 1. The van der Waals surface area contributed by atoms with Crippen LogP contribution in [0.4, 0.5) is 5.69 Å². The van der Waals surface area contributed by atoms with Crippen molar-refractivity contribution < 1.29 is 28.7 Å². The number of hydrogen-bond donors (Lipinski definition) is 1. The first-order valence-electron chi connectivity index (χ1n) is 12.1. The smallest absolute Gasteiger partial charge is 0.326 e. The molecule has 0 radical (unpaired) electrons. The zero-order valence-corrected chi connectivity index (χ0v) is 20.0. The van der Waals surface area contributed by atoms with E-state index in [9.17, 15) is 19.2 Å². The van der Waals surface area contributed by atoms with Crippen LogP contribution < -0.4 is 10.1 Å². The van der Waals surface area contributed by atoms with Gasteiger partial charge in [-0.2, -0.15) is 0 Å². The van der Waals surface area contributed by atoms with Crippen LogP contribution in [0.25, 0.3) is 0 Å². The lowest BCUT2D eigenvalue weighted by atomic mass is 9.55. The minimum atomic E-state index is -0.812. The summed E-state index contributed by atoms with van der Waals surface area (Å²) in [4.78, 5) is 52.9. The largest absolute Gasteiger partial charge is 0.497 e. The van der Waals surface area contributed by atoms with E-state index in [2.05, 4.69) is 5.32 Å². The van der Waals surface area contributed by atoms with Gasteiger partial charge in [-0.1, -0.05) is 48.5 Å². The van der Waals surface area contributed by atoms with Crippen LogP contribution >= 0.6 is 0 Å². The zero-order chi connectivity index (χ0) is 25.7.